The molecule has 2 N–H and O–H groups in total. The first-order valence-electron chi connectivity index (χ1n) is 10.2. The lowest BCUT2D eigenvalue weighted by Gasteiger charge is -2.28. The summed E-state index contributed by atoms with van der Waals surface area (Å²) in [6.07, 6.45) is 2.15. The van der Waals surface area contributed by atoms with Crippen molar-refractivity contribution in [2.75, 3.05) is 12.0 Å². The van der Waals surface area contributed by atoms with Crippen molar-refractivity contribution in [2.45, 2.75) is 36.8 Å². The minimum Gasteiger partial charge on any atom is -0.489 e. The van der Waals surface area contributed by atoms with E-state index < -0.39 is 0 Å². The molecule has 0 aliphatic carbocycles. The Bertz CT molecular complexity index is 924. The van der Waals surface area contributed by atoms with Crippen LogP contribution in [0.15, 0.2) is 83.8 Å². The molecular formula is C24H26N2O3S. The molecule has 2 unspecified atom stereocenters. The van der Waals surface area contributed by atoms with Gasteiger partial charge < -0.3 is 10.1 Å². The summed E-state index contributed by atoms with van der Waals surface area (Å²) in [6.45, 7) is 2.99. The Morgan fingerprint density at radius 2 is 1.80 bits per heavy atom. The lowest BCUT2D eigenvalue weighted by Crippen LogP contribution is -2.35. The van der Waals surface area contributed by atoms with Gasteiger partial charge in [-0.2, -0.15) is 0 Å². The number of hydrogen-bond donors (Lipinski definition) is 2. The van der Waals surface area contributed by atoms with Crippen LogP contribution in [0.3, 0.4) is 0 Å². The summed E-state index contributed by atoms with van der Waals surface area (Å²) >= 11 is 1.15. The van der Waals surface area contributed by atoms with Gasteiger partial charge in [-0.3, -0.25) is 0 Å². The lowest BCUT2D eigenvalue weighted by molar-refractivity contribution is -0.161. The van der Waals surface area contributed by atoms with Crippen molar-refractivity contribution in [1.82, 2.24) is 5.32 Å². The van der Waals surface area contributed by atoms with Gasteiger partial charge in [0.1, 0.15) is 11.9 Å². The molecule has 0 aromatic heterocycles. The van der Waals surface area contributed by atoms with Gasteiger partial charge in [0, 0.05) is 23.5 Å². The van der Waals surface area contributed by atoms with E-state index >= 15 is 0 Å². The third kappa shape index (κ3) is 5.77. The third-order valence-electron chi connectivity index (χ3n) is 5.11. The number of aryl methyl sites for hydroxylation is 1. The maximum Gasteiger partial charge on any atom is 0.125 e. The Hall–Kier alpha value is -2.51. The highest BCUT2D eigenvalue weighted by Crippen LogP contribution is 2.31. The van der Waals surface area contributed by atoms with Crippen molar-refractivity contribution < 1.29 is 14.1 Å². The lowest BCUT2D eigenvalue weighted by atomic mass is 10.0. The van der Waals surface area contributed by atoms with E-state index in [-0.39, 0.29) is 12.1 Å². The summed E-state index contributed by atoms with van der Waals surface area (Å²) in [5.74, 6) is 0.893. The van der Waals surface area contributed by atoms with Crippen molar-refractivity contribution in [3.63, 3.8) is 0 Å². The molecule has 6 heteroatoms. The molecule has 0 radical (unpaired) electrons. The molecule has 0 saturated heterocycles. The van der Waals surface area contributed by atoms with Crippen LogP contribution in [0, 0.1) is 0 Å². The van der Waals surface area contributed by atoms with Crippen LogP contribution in [0.5, 0.6) is 5.75 Å². The van der Waals surface area contributed by atoms with Gasteiger partial charge in [0.2, 0.25) is 0 Å². The molecule has 2 atom stereocenters. The molecule has 1 heterocycles. The fourth-order valence-corrected chi connectivity index (χ4v) is 3.81. The number of fused-ring (bicyclic) bond motifs is 1. The quantitative estimate of drug-likeness (QED) is 0.199. The second kappa shape index (κ2) is 10.5. The highest BCUT2D eigenvalue weighted by molar-refractivity contribution is 7.94. The Balaban J connectivity index is 1.25. The first-order chi connectivity index (χ1) is 14.8. The Morgan fingerprint density at radius 3 is 2.60 bits per heavy atom. The van der Waals surface area contributed by atoms with Gasteiger partial charge >= 0.3 is 0 Å². The summed E-state index contributed by atoms with van der Waals surface area (Å²) in [6, 6.07) is 26.5. The molecule has 0 fully saturated rings. The van der Waals surface area contributed by atoms with Crippen molar-refractivity contribution in [2.24, 2.45) is 0 Å². The van der Waals surface area contributed by atoms with Crippen LogP contribution in [0.1, 0.15) is 30.5 Å². The zero-order valence-electron chi connectivity index (χ0n) is 16.9. The highest BCUT2D eigenvalue weighted by atomic mass is 32.2. The number of nitrogens with one attached hydrogen (secondary N) is 2. The molecule has 4 rings (SSSR count). The van der Waals surface area contributed by atoms with Crippen molar-refractivity contribution >= 4 is 17.7 Å². The maximum atomic E-state index is 6.23. The van der Waals surface area contributed by atoms with Gasteiger partial charge in [-0.05, 0) is 49.1 Å². The normalized spacial score (nSPS) is 16.4. The van der Waals surface area contributed by atoms with E-state index in [1.807, 2.05) is 48.5 Å². The van der Waals surface area contributed by atoms with E-state index in [2.05, 4.69) is 48.1 Å². The van der Waals surface area contributed by atoms with Gasteiger partial charge in [-0.1, -0.05) is 54.6 Å². The van der Waals surface area contributed by atoms with Crippen LogP contribution in [-0.4, -0.2) is 12.6 Å². The average molecular weight is 423 g/mol. The summed E-state index contributed by atoms with van der Waals surface area (Å²) in [4.78, 5) is 6.08. The summed E-state index contributed by atoms with van der Waals surface area (Å²) in [5.41, 5.74) is 6.10. The average Bonchev–Trinajstić information content (AvgIpc) is 2.81. The largest absolute Gasteiger partial charge is 0.489 e. The molecule has 30 heavy (non-hydrogen) atoms. The molecular weight excluding hydrogens is 396 g/mol. The van der Waals surface area contributed by atoms with Gasteiger partial charge in [-0.25, -0.2) is 5.48 Å². The van der Waals surface area contributed by atoms with Crippen LogP contribution in [-0.2, 0) is 15.7 Å². The van der Waals surface area contributed by atoms with E-state index in [1.54, 1.807) is 0 Å². The number of hydrogen-bond acceptors (Lipinski definition) is 6. The molecule has 0 saturated carbocycles. The minimum absolute atomic E-state index is 0.143. The number of benzene rings is 3. The van der Waals surface area contributed by atoms with Crippen LogP contribution < -0.4 is 15.5 Å². The topological polar surface area (TPSA) is 51.8 Å². The summed E-state index contributed by atoms with van der Waals surface area (Å²) in [5, 5.41) is 3.58. The highest BCUT2D eigenvalue weighted by Gasteiger charge is 2.20. The van der Waals surface area contributed by atoms with Gasteiger partial charge in [-0.15, -0.1) is 9.32 Å². The van der Waals surface area contributed by atoms with E-state index in [9.17, 15) is 0 Å². The molecule has 1 aliphatic heterocycles. The molecule has 1 aliphatic rings. The molecule has 5 nitrogen and oxygen atoms in total. The second-order valence-corrected chi connectivity index (χ2v) is 8.07. The van der Waals surface area contributed by atoms with Crippen LogP contribution in [0.25, 0.3) is 0 Å². The monoisotopic (exact) mass is 422 g/mol. The van der Waals surface area contributed by atoms with E-state index in [0.717, 1.165) is 47.8 Å². The molecule has 156 valence electrons. The van der Waals surface area contributed by atoms with E-state index in [1.165, 1.54) is 11.1 Å². The molecule has 0 amide bonds. The number of rotatable bonds is 9. The van der Waals surface area contributed by atoms with Crippen LogP contribution >= 0.6 is 12.0 Å². The zero-order valence-corrected chi connectivity index (χ0v) is 17.7. The first kappa shape index (κ1) is 20.8. The zero-order chi connectivity index (χ0) is 20.6. The summed E-state index contributed by atoms with van der Waals surface area (Å²) < 4.78 is 11.4. The fraction of sp³-hybridized carbons (Fsp3) is 0.250. The molecule has 3 aromatic carbocycles. The second-order valence-electron chi connectivity index (χ2n) is 7.29. The maximum absolute atomic E-state index is 6.23. The van der Waals surface area contributed by atoms with Crippen molar-refractivity contribution in [3.8, 4) is 5.75 Å². The van der Waals surface area contributed by atoms with Crippen LogP contribution in [0.2, 0.25) is 0 Å². The molecule has 3 aromatic rings. The fourth-order valence-electron chi connectivity index (χ4n) is 3.40. The van der Waals surface area contributed by atoms with Crippen LogP contribution in [0.4, 0.5) is 5.69 Å². The smallest absolute Gasteiger partial charge is 0.125 e. The third-order valence-corrected chi connectivity index (χ3v) is 5.72. The van der Waals surface area contributed by atoms with E-state index in [4.69, 9.17) is 14.1 Å². The van der Waals surface area contributed by atoms with Crippen molar-refractivity contribution in [1.29, 1.82) is 0 Å². The standard InChI is InChI=1S/C24H26N2O3S/c1-18(19-8-4-2-5-9-19)25-17-22-15-13-20-12-14-21(16-24(20)27-22)26-28-29-30-23-10-6-3-7-11-23/h2-12,14,16,18,22,25-26H,13,15,17H2,1H3. The van der Waals surface area contributed by atoms with E-state index in [0.29, 0.717) is 0 Å². The molecule has 0 spiro atoms. The number of ether oxygens (including phenoxy) is 1. The minimum atomic E-state index is 0.143. The first-order valence-corrected chi connectivity index (χ1v) is 10.9. The Morgan fingerprint density at radius 1 is 1.03 bits per heavy atom. The predicted octanol–water partition coefficient (Wildman–Crippen LogP) is 5.71. The molecule has 0 bridgehead atoms. The SMILES string of the molecule is CC(NCC1CCc2ccc(NOOSc3ccccc3)cc2O1)c1ccccc1. The summed E-state index contributed by atoms with van der Waals surface area (Å²) in [7, 11) is 0. The Kier molecular flexibility index (Phi) is 7.26. The Labute approximate surface area is 181 Å². The van der Waals surface area contributed by atoms with Crippen molar-refractivity contribution in [3.05, 3.63) is 90.0 Å². The van der Waals surface area contributed by atoms with Gasteiger partial charge in [0.05, 0.1) is 17.7 Å². The van der Waals surface area contributed by atoms with Gasteiger partial charge in [0.25, 0.3) is 0 Å². The number of anilines is 1. The predicted molar refractivity (Wildman–Crippen MR) is 120 cm³/mol. The van der Waals surface area contributed by atoms with Gasteiger partial charge in [0.15, 0.2) is 0 Å².